The van der Waals surface area contributed by atoms with E-state index in [-0.39, 0.29) is 5.91 Å². The van der Waals surface area contributed by atoms with E-state index in [1.165, 1.54) is 0 Å². The zero-order chi connectivity index (χ0) is 15.4. The maximum absolute atomic E-state index is 11.9. The fourth-order valence-electron chi connectivity index (χ4n) is 2.00. The molecule has 0 radical (unpaired) electrons. The molecule has 0 aliphatic rings. The molecule has 2 aromatic heterocycles. The molecule has 1 aromatic carbocycles. The summed E-state index contributed by atoms with van der Waals surface area (Å²) in [6, 6.07) is 16.8. The number of nitrogens with one attached hydrogen (secondary N) is 1. The lowest BCUT2D eigenvalue weighted by Crippen LogP contribution is -2.23. The fraction of sp³-hybridized carbons (Fsp3) is 0.0588. The maximum Gasteiger partial charge on any atom is 0.270 e. The Balaban J connectivity index is 1.65. The number of hydrogen-bond acceptors (Lipinski definition) is 3. The summed E-state index contributed by atoms with van der Waals surface area (Å²) in [6.07, 6.45) is 1.59. The minimum absolute atomic E-state index is 0.220. The minimum atomic E-state index is -0.220. The molecule has 1 N–H and O–H groups in total. The highest BCUT2D eigenvalue weighted by Crippen LogP contribution is 2.23. The predicted molar refractivity (Wildman–Crippen MR) is 87.3 cm³/mol. The molecule has 0 aliphatic heterocycles. The highest BCUT2D eigenvalue weighted by molar-refractivity contribution is 9.10. The molecule has 0 aliphatic carbocycles. The van der Waals surface area contributed by atoms with Crippen molar-refractivity contribution in [3.05, 3.63) is 76.7 Å². The largest absolute Gasteiger partial charge is 0.459 e. The van der Waals surface area contributed by atoms with E-state index < -0.39 is 0 Å². The molecular weight excluding hydrogens is 344 g/mol. The van der Waals surface area contributed by atoms with Crippen LogP contribution in [0.2, 0.25) is 0 Å². The number of rotatable bonds is 4. The minimum Gasteiger partial charge on any atom is -0.459 e. The van der Waals surface area contributed by atoms with E-state index in [4.69, 9.17) is 4.42 Å². The molecule has 3 rings (SSSR count). The molecule has 0 atom stereocenters. The molecule has 0 bridgehead atoms. The van der Waals surface area contributed by atoms with Crippen LogP contribution in [0.4, 0.5) is 0 Å². The summed E-state index contributed by atoms with van der Waals surface area (Å²) >= 11 is 3.40. The Hall–Kier alpha value is -2.40. The molecule has 2 heterocycles. The summed E-state index contributed by atoms with van der Waals surface area (Å²) in [5.41, 5.74) is 1.38. The second-order valence-electron chi connectivity index (χ2n) is 4.67. The Morgan fingerprint density at radius 1 is 1.09 bits per heavy atom. The van der Waals surface area contributed by atoms with E-state index in [9.17, 15) is 4.79 Å². The van der Waals surface area contributed by atoms with Crippen molar-refractivity contribution in [2.75, 3.05) is 0 Å². The first-order valence-corrected chi connectivity index (χ1v) is 7.55. The van der Waals surface area contributed by atoms with E-state index in [1.54, 1.807) is 24.4 Å². The van der Waals surface area contributed by atoms with Crippen molar-refractivity contribution in [2.45, 2.75) is 6.54 Å². The zero-order valence-electron chi connectivity index (χ0n) is 11.6. The molecule has 4 nitrogen and oxygen atoms in total. The molecule has 0 fully saturated rings. The monoisotopic (exact) mass is 356 g/mol. The summed E-state index contributed by atoms with van der Waals surface area (Å²) in [5, 5.41) is 2.79. The number of carbonyl (C=O) groups is 1. The lowest BCUT2D eigenvalue weighted by molar-refractivity contribution is 0.0943. The summed E-state index contributed by atoms with van der Waals surface area (Å²) in [4.78, 5) is 15.9. The van der Waals surface area contributed by atoms with Gasteiger partial charge < -0.3 is 9.73 Å². The van der Waals surface area contributed by atoms with Gasteiger partial charge in [0, 0.05) is 16.2 Å². The Morgan fingerprint density at radius 3 is 2.64 bits per heavy atom. The van der Waals surface area contributed by atoms with Gasteiger partial charge in [0.05, 0.1) is 6.54 Å². The Labute approximate surface area is 136 Å². The van der Waals surface area contributed by atoms with Gasteiger partial charge in [0.2, 0.25) is 0 Å². The van der Waals surface area contributed by atoms with Crippen molar-refractivity contribution in [3.63, 3.8) is 0 Å². The van der Waals surface area contributed by atoms with Crippen molar-refractivity contribution >= 4 is 21.8 Å². The van der Waals surface area contributed by atoms with Gasteiger partial charge in [-0.15, -0.1) is 0 Å². The van der Waals surface area contributed by atoms with Crippen LogP contribution >= 0.6 is 15.9 Å². The highest BCUT2D eigenvalue weighted by atomic mass is 79.9. The molecule has 0 spiro atoms. The van der Waals surface area contributed by atoms with E-state index in [0.717, 1.165) is 15.8 Å². The topological polar surface area (TPSA) is 55.1 Å². The van der Waals surface area contributed by atoms with Crippen LogP contribution in [0.25, 0.3) is 11.3 Å². The summed E-state index contributed by atoms with van der Waals surface area (Å²) in [5.74, 6) is 1.25. The van der Waals surface area contributed by atoms with Crippen molar-refractivity contribution in [2.24, 2.45) is 0 Å². The average Bonchev–Trinajstić information content (AvgIpc) is 3.03. The van der Waals surface area contributed by atoms with E-state index in [0.29, 0.717) is 18.0 Å². The third-order valence-corrected chi connectivity index (χ3v) is 3.64. The van der Waals surface area contributed by atoms with Gasteiger partial charge in [-0.2, -0.15) is 0 Å². The average molecular weight is 357 g/mol. The van der Waals surface area contributed by atoms with Crippen LogP contribution in [0.5, 0.6) is 0 Å². The van der Waals surface area contributed by atoms with Crippen molar-refractivity contribution in [3.8, 4) is 11.3 Å². The number of hydrogen-bond donors (Lipinski definition) is 1. The van der Waals surface area contributed by atoms with E-state index in [2.05, 4.69) is 26.2 Å². The Kier molecular flexibility index (Phi) is 4.34. The van der Waals surface area contributed by atoms with Crippen molar-refractivity contribution in [1.29, 1.82) is 0 Å². The SMILES string of the molecule is O=C(NCc1ccc(-c2ccc(Br)cc2)o1)c1ccccn1. The van der Waals surface area contributed by atoms with Gasteiger partial charge in [0.15, 0.2) is 0 Å². The molecule has 0 saturated carbocycles. The first-order valence-electron chi connectivity index (χ1n) is 6.76. The highest BCUT2D eigenvalue weighted by Gasteiger charge is 2.08. The van der Waals surface area contributed by atoms with E-state index in [1.807, 2.05) is 36.4 Å². The van der Waals surface area contributed by atoms with Crippen LogP contribution in [0.15, 0.2) is 69.7 Å². The maximum atomic E-state index is 11.9. The smallest absolute Gasteiger partial charge is 0.270 e. The lowest BCUT2D eigenvalue weighted by atomic mass is 10.2. The summed E-state index contributed by atoms with van der Waals surface area (Å²) in [7, 11) is 0. The lowest BCUT2D eigenvalue weighted by Gasteiger charge is -2.02. The van der Waals surface area contributed by atoms with Crippen LogP contribution in [-0.4, -0.2) is 10.9 Å². The quantitative estimate of drug-likeness (QED) is 0.767. The molecule has 3 aromatic rings. The number of pyridine rings is 1. The fourth-order valence-corrected chi connectivity index (χ4v) is 2.26. The Bertz CT molecular complexity index is 767. The van der Waals surface area contributed by atoms with Gasteiger partial charge in [-0.25, -0.2) is 0 Å². The first kappa shape index (κ1) is 14.5. The standard InChI is InChI=1S/C17H13BrN2O2/c18-13-6-4-12(5-7-13)16-9-8-14(22-16)11-20-17(21)15-3-1-2-10-19-15/h1-10H,11H2,(H,20,21). The third kappa shape index (κ3) is 3.43. The van der Waals surface area contributed by atoms with Crippen molar-refractivity contribution in [1.82, 2.24) is 10.3 Å². The van der Waals surface area contributed by atoms with Crippen LogP contribution in [-0.2, 0) is 6.54 Å². The molecule has 0 unspecified atom stereocenters. The van der Waals surface area contributed by atoms with Gasteiger partial charge in [0.25, 0.3) is 5.91 Å². The van der Waals surface area contributed by atoms with Gasteiger partial charge in [0.1, 0.15) is 17.2 Å². The number of furan rings is 1. The van der Waals surface area contributed by atoms with Crippen LogP contribution in [0.1, 0.15) is 16.2 Å². The van der Waals surface area contributed by atoms with Crippen LogP contribution in [0, 0.1) is 0 Å². The van der Waals surface area contributed by atoms with E-state index >= 15 is 0 Å². The number of amides is 1. The second-order valence-corrected chi connectivity index (χ2v) is 5.59. The number of aromatic nitrogens is 1. The number of nitrogens with zero attached hydrogens (tertiary/aromatic N) is 1. The summed E-state index contributed by atoms with van der Waals surface area (Å²) < 4.78 is 6.76. The van der Waals surface area contributed by atoms with Crippen LogP contribution in [0.3, 0.4) is 0 Å². The normalized spacial score (nSPS) is 10.4. The van der Waals surface area contributed by atoms with Gasteiger partial charge in [-0.3, -0.25) is 9.78 Å². The first-order chi connectivity index (χ1) is 10.7. The number of halogens is 1. The second kappa shape index (κ2) is 6.58. The molecule has 0 saturated heterocycles. The molecule has 110 valence electrons. The predicted octanol–water partition coefficient (Wildman–Crippen LogP) is 4.03. The van der Waals surface area contributed by atoms with Crippen LogP contribution < -0.4 is 5.32 Å². The molecule has 5 heteroatoms. The number of carbonyl (C=O) groups excluding carboxylic acids is 1. The van der Waals surface area contributed by atoms with Gasteiger partial charge >= 0.3 is 0 Å². The zero-order valence-corrected chi connectivity index (χ0v) is 13.2. The molecule has 22 heavy (non-hydrogen) atoms. The van der Waals surface area contributed by atoms with Gasteiger partial charge in [-0.05, 0) is 36.4 Å². The molecule has 1 amide bonds. The summed E-state index contributed by atoms with van der Waals surface area (Å²) in [6.45, 7) is 0.325. The Morgan fingerprint density at radius 2 is 1.91 bits per heavy atom. The number of benzene rings is 1. The third-order valence-electron chi connectivity index (χ3n) is 3.11. The molecular formula is C17H13BrN2O2. The van der Waals surface area contributed by atoms with Gasteiger partial charge in [-0.1, -0.05) is 34.1 Å². The van der Waals surface area contributed by atoms with Crippen molar-refractivity contribution < 1.29 is 9.21 Å².